The van der Waals surface area contributed by atoms with E-state index in [1.54, 1.807) is 0 Å². The minimum absolute atomic E-state index is 0.291. The highest BCUT2D eigenvalue weighted by molar-refractivity contribution is 5.38. The van der Waals surface area contributed by atoms with Crippen LogP contribution in [0.4, 0.5) is 0 Å². The fourth-order valence-electron chi connectivity index (χ4n) is 7.66. The van der Waals surface area contributed by atoms with Crippen LogP contribution in [0.1, 0.15) is 118 Å². The van der Waals surface area contributed by atoms with Gasteiger partial charge in [0.15, 0.2) is 0 Å². The van der Waals surface area contributed by atoms with Gasteiger partial charge in [0, 0.05) is 6.42 Å². The van der Waals surface area contributed by atoms with E-state index in [2.05, 4.69) is 25.7 Å². The highest BCUT2D eigenvalue weighted by atomic mass is 16.3. The zero-order valence-electron chi connectivity index (χ0n) is 23.7. The van der Waals surface area contributed by atoms with Gasteiger partial charge in [-0.2, -0.15) is 0 Å². The third-order valence-corrected chi connectivity index (χ3v) is 9.60. The molecule has 2 unspecified atom stereocenters. The number of fused-ring (bicyclic) bond motifs is 1. The predicted octanol–water partition coefficient (Wildman–Crippen LogP) is 6.63. The summed E-state index contributed by atoms with van der Waals surface area (Å²) in [6.07, 6.45) is 16.5. The standard InChI is InChI=1S/C32H54O4/c1-22-25(20-26(33)21-29(22)34)14-13-24-12-9-19-32(6)27(15-16-28(24)32)23(10-7-17-30(2,3)35)11-8-18-31(4,5)36/h13-14,23,26-29,33-36H,1,7-12,15-21H2,2-6H3/b24-13+,25-14-/t26-,27?,28?,29+,32-/m1/s1. The SMILES string of the molecule is C=C1/C(=C\C=C2/CCC[C@@]3(C)C2CCC3C(CCCC(C)(C)O)CCCC(C)(C)O)C[C@@H](O)C[C@@H]1O. The first-order chi connectivity index (χ1) is 16.7. The van der Waals surface area contributed by atoms with E-state index in [1.165, 1.54) is 31.3 Å². The molecule has 3 rings (SSSR count). The molecule has 3 fully saturated rings. The third-order valence-electron chi connectivity index (χ3n) is 9.60. The lowest BCUT2D eigenvalue weighted by Gasteiger charge is -2.45. The Hall–Kier alpha value is -0.940. The van der Waals surface area contributed by atoms with Crippen LogP contribution in [0.15, 0.2) is 35.5 Å². The zero-order chi connectivity index (χ0) is 26.7. The molecular weight excluding hydrogens is 448 g/mol. The van der Waals surface area contributed by atoms with Crippen molar-refractivity contribution in [2.45, 2.75) is 141 Å². The smallest absolute Gasteiger partial charge is 0.0811 e. The number of aliphatic hydroxyl groups is 4. The molecule has 0 amide bonds. The maximum Gasteiger partial charge on any atom is 0.0811 e. The average molecular weight is 503 g/mol. The molecule has 3 saturated carbocycles. The molecule has 4 heteroatoms. The quantitative estimate of drug-likeness (QED) is 0.270. The summed E-state index contributed by atoms with van der Waals surface area (Å²) in [7, 11) is 0. The second-order valence-corrected chi connectivity index (χ2v) is 13.8. The molecule has 0 aromatic heterocycles. The van der Waals surface area contributed by atoms with Crippen molar-refractivity contribution in [3.8, 4) is 0 Å². The van der Waals surface area contributed by atoms with Crippen molar-refractivity contribution in [1.82, 2.24) is 0 Å². The minimum Gasteiger partial charge on any atom is -0.393 e. The highest BCUT2D eigenvalue weighted by Gasteiger charge is 2.51. The molecule has 5 atom stereocenters. The number of aliphatic hydroxyl groups excluding tert-OH is 2. The lowest BCUT2D eigenvalue weighted by molar-refractivity contribution is 0.0480. The molecule has 0 aromatic rings. The fourth-order valence-corrected chi connectivity index (χ4v) is 7.66. The van der Waals surface area contributed by atoms with Crippen molar-refractivity contribution in [3.63, 3.8) is 0 Å². The molecule has 0 aromatic carbocycles. The average Bonchev–Trinajstić information content (AvgIpc) is 3.10. The van der Waals surface area contributed by atoms with Crippen molar-refractivity contribution in [2.75, 3.05) is 0 Å². The van der Waals surface area contributed by atoms with Crippen LogP contribution < -0.4 is 0 Å². The Balaban J connectivity index is 1.77. The van der Waals surface area contributed by atoms with Crippen LogP contribution in [0.25, 0.3) is 0 Å². The van der Waals surface area contributed by atoms with Crippen LogP contribution in [-0.4, -0.2) is 43.8 Å². The van der Waals surface area contributed by atoms with E-state index >= 15 is 0 Å². The van der Waals surface area contributed by atoms with E-state index in [9.17, 15) is 20.4 Å². The van der Waals surface area contributed by atoms with E-state index in [1.807, 2.05) is 27.7 Å². The summed E-state index contributed by atoms with van der Waals surface area (Å²) in [5.41, 5.74) is 2.36. The zero-order valence-corrected chi connectivity index (χ0v) is 23.7. The molecule has 36 heavy (non-hydrogen) atoms. The second-order valence-electron chi connectivity index (χ2n) is 13.8. The monoisotopic (exact) mass is 502 g/mol. The van der Waals surface area contributed by atoms with Gasteiger partial charge < -0.3 is 20.4 Å². The first kappa shape index (κ1) is 29.6. The van der Waals surface area contributed by atoms with Gasteiger partial charge in [-0.25, -0.2) is 0 Å². The van der Waals surface area contributed by atoms with Crippen LogP contribution in [0, 0.1) is 23.2 Å². The molecule has 0 radical (unpaired) electrons. The normalized spacial score (nSPS) is 34.1. The van der Waals surface area contributed by atoms with Gasteiger partial charge in [-0.3, -0.25) is 0 Å². The molecule has 0 saturated heterocycles. The molecular formula is C32H54O4. The second kappa shape index (κ2) is 11.8. The van der Waals surface area contributed by atoms with Crippen LogP contribution >= 0.6 is 0 Å². The Morgan fingerprint density at radius 2 is 1.61 bits per heavy atom. The molecule has 0 spiro atoms. The van der Waals surface area contributed by atoms with Gasteiger partial charge >= 0.3 is 0 Å². The molecule has 0 aliphatic heterocycles. The summed E-state index contributed by atoms with van der Waals surface area (Å²) in [6.45, 7) is 14.3. The Labute approximate surface area is 220 Å². The minimum atomic E-state index is -0.639. The highest BCUT2D eigenvalue weighted by Crippen LogP contribution is 2.60. The van der Waals surface area contributed by atoms with E-state index in [0.717, 1.165) is 56.1 Å². The van der Waals surface area contributed by atoms with E-state index in [0.29, 0.717) is 36.0 Å². The lowest BCUT2D eigenvalue weighted by atomic mass is 9.60. The predicted molar refractivity (Wildman–Crippen MR) is 149 cm³/mol. The molecule has 206 valence electrons. The Morgan fingerprint density at radius 3 is 2.19 bits per heavy atom. The number of hydrogen-bond acceptors (Lipinski definition) is 4. The number of rotatable bonds is 10. The maximum absolute atomic E-state index is 10.3. The topological polar surface area (TPSA) is 80.9 Å². The number of hydrogen-bond donors (Lipinski definition) is 4. The van der Waals surface area contributed by atoms with Crippen molar-refractivity contribution < 1.29 is 20.4 Å². The molecule has 4 N–H and O–H groups in total. The van der Waals surface area contributed by atoms with Crippen LogP contribution in [0.3, 0.4) is 0 Å². The van der Waals surface area contributed by atoms with E-state index in [-0.39, 0.29) is 0 Å². The summed E-state index contributed by atoms with van der Waals surface area (Å²) >= 11 is 0. The van der Waals surface area contributed by atoms with Crippen molar-refractivity contribution in [1.29, 1.82) is 0 Å². The van der Waals surface area contributed by atoms with Gasteiger partial charge in [-0.1, -0.05) is 56.9 Å². The molecule has 3 aliphatic rings. The lowest BCUT2D eigenvalue weighted by Crippen LogP contribution is -2.37. The van der Waals surface area contributed by atoms with Crippen molar-refractivity contribution >= 4 is 0 Å². The summed E-state index contributed by atoms with van der Waals surface area (Å²) in [5.74, 6) is 1.90. The Morgan fingerprint density at radius 1 is 1.00 bits per heavy atom. The number of allylic oxidation sites excluding steroid dienone is 3. The first-order valence-corrected chi connectivity index (χ1v) is 14.6. The summed E-state index contributed by atoms with van der Waals surface area (Å²) in [4.78, 5) is 0. The largest absolute Gasteiger partial charge is 0.393 e. The van der Waals surface area contributed by atoms with E-state index < -0.39 is 23.4 Å². The van der Waals surface area contributed by atoms with Gasteiger partial charge in [0.25, 0.3) is 0 Å². The summed E-state index contributed by atoms with van der Waals surface area (Å²) in [5, 5.41) is 40.9. The van der Waals surface area contributed by atoms with Crippen LogP contribution in [0.5, 0.6) is 0 Å². The summed E-state index contributed by atoms with van der Waals surface area (Å²) in [6, 6.07) is 0. The van der Waals surface area contributed by atoms with Gasteiger partial charge in [0.2, 0.25) is 0 Å². The van der Waals surface area contributed by atoms with Gasteiger partial charge in [-0.15, -0.1) is 0 Å². The summed E-state index contributed by atoms with van der Waals surface area (Å²) < 4.78 is 0. The van der Waals surface area contributed by atoms with E-state index in [4.69, 9.17) is 0 Å². The van der Waals surface area contributed by atoms with Crippen molar-refractivity contribution in [2.24, 2.45) is 23.2 Å². The Bertz CT molecular complexity index is 791. The third kappa shape index (κ3) is 7.79. The molecule has 0 bridgehead atoms. The fraction of sp³-hybridized carbons (Fsp3) is 0.812. The van der Waals surface area contributed by atoms with Crippen molar-refractivity contribution in [3.05, 3.63) is 35.5 Å². The van der Waals surface area contributed by atoms with Crippen LogP contribution in [0.2, 0.25) is 0 Å². The molecule has 4 nitrogen and oxygen atoms in total. The maximum atomic E-state index is 10.3. The van der Waals surface area contributed by atoms with Crippen LogP contribution in [-0.2, 0) is 0 Å². The first-order valence-electron chi connectivity index (χ1n) is 14.6. The molecule has 0 heterocycles. The van der Waals surface area contributed by atoms with Gasteiger partial charge in [-0.05, 0) is 113 Å². The molecule has 3 aliphatic carbocycles. The Kier molecular flexibility index (Phi) is 9.74. The van der Waals surface area contributed by atoms with Gasteiger partial charge in [0.05, 0.1) is 23.4 Å². The van der Waals surface area contributed by atoms with Gasteiger partial charge in [0.1, 0.15) is 0 Å².